The number of anilines is 2. The van der Waals surface area contributed by atoms with Crippen molar-refractivity contribution in [2.24, 2.45) is 0 Å². The van der Waals surface area contributed by atoms with Gasteiger partial charge >= 0.3 is 0 Å². The van der Waals surface area contributed by atoms with E-state index in [1.54, 1.807) is 0 Å². The molecule has 6 nitrogen and oxygen atoms in total. The molecule has 2 amide bonds. The molecular weight excluding hydrogens is 356 g/mol. The first kappa shape index (κ1) is 19.7. The first-order chi connectivity index (χ1) is 13.6. The second kappa shape index (κ2) is 9.78. The van der Waals surface area contributed by atoms with Gasteiger partial charge in [-0.2, -0.15) is 0 Å². The van der Waals surface area contributed by atoms with Crippen LogP contribution in [0.1, 0.15) is 38.2 Å². The molecule has 6 heteroatoms. The highest BCUT2D eigenvalue weighted by Gasteiger charge is 2.13. The lowest BCUT2D eigenvalue weighted by molar-refractivity contribution is -0.117. The van der Waals surface area contributed by atoms with Gasteiger partial charge < -0.3 is 20.1 Å². The molecule has 2 aromatic carbocycles. The minimum absolute atomic E-state index is 0.0445. The standard InChI is InChI=1S/C22H26N2O4/c1-2-27-18-9-11-19(12-10-18)28-14-4-7-21(25)23-17-8-13-20-16(15-17)5-3-6-22(26)24-20/h8-13,15H,2-7,14H2,1H3,(H,23,25)(H,24,26). The maximum absolute atomic E-state index is 12.2. The molecular formula is C22H26N2O4. The fourth-order valence-corrected chi connectivity index (χ4v) is 3.10. The topological polar surface area (TPSA) is 76.7 Å². The Balaban J connectivity index is 1.42. The summed E-state index contributed by atoms with van der Waals surface area (Å²) < 4.78 is 11.1. The summed E-state index contributed by atoms with van der Waals surface area (Å²) in [6, 6.07) is 13.1. The Hall–Kier alpha value is -3.02. The fraction of sp³-hybridized carbons (Fsp3) is 0.364. The molecule has 3 rings (SSSR count). The van der Waals surface area contributed by atoms with E-state index in [-0.39, 0.29) is 11.8 Å². The average molecular weight is 382 g/mol. The first-order valence-electron chi connectivity index (χ1n) is 9.72. The molecule has 0 radical (unpaired) electrons. The monoisotopic (exact) mass is 382 g/mol. The van der Waals surface area contributed by atoms with Gasteiger partial charge in [0, 0.05) is 24.2 Å². The maximum Gasteiger partial charge on any atom is 0.224 e. The summed E-state index contributed by atoms with van der Waals surface area (Å²) in [7, 11) is 0. The number of carbonyl (C=O) groups excluding carboxylic acids is 2. The highest BCUT2D eigenvalue weighted by Crippen LogP contribution is 2.25. The number of nitrogens with one attached hydrogen (secondary N) is 2. The number of hydrogen-bond acceptors (Lipinski definition) is 4. The van der Waals surface area contributed by atoms with Gasteiger partial charge in [-0.1, -0.05) is 0 Å². The third-order valence-electron chi connectivity index (χ3n) is 4.46. The van der Waals surface area contributed by atoms with Crippen molar-refractivity contribution in [2.45, 2.75) is 39.0 Å². The molecule has 0 unspecified atom stereocenters. The van der Waals surface area contributed by atoms with Crippen LogP contribution in [0.5, 0.6) is 11.5 Å². The van der Waals surface area contributed by atoms with Crippen molar-refractivity contribution in [3.8, 4) is 11.5 Å². The average Bonchev–Trinajstić information content (AvgIpc) is 2.87. The van der Waals surface area contributed by atoms with Crippen molar-refractivity contribution < 1.29 is 19.1 Å². The van der Waals surface area contributed by atoms with Gasteiger partial charge in [0.05, 0.1) is 13.2 Å². The van der Waals surface area contributed by atoms with Crippen molar-refractivity contribution in [1.82, 2.24) is 0 Å². The van der Waals surface area contributed by atoms with Gasteiger partial charge in [-0.15, -0.1) is 0 Å². The number of amides is 2. The molecule has 0 bridgehead atoms. The molecule has 0 spiro atoms. The summed E-state index contributed by atoms with van der Waals surface area (Å²) in [5.74, 6) is 1.57. The van der Waals surface area contributed by atoms with E-state index in [9.17, 15) is 9.59 Å². The largest absolute Gasteiger partial charge is 0.494 e. The summed E-state index contributed by atoms with van der Waals surface area (Å²) in [5, 5.41) is 5.81. The van der Waals surface area contributed by atoms with E-state index in [1.807, 2.05) is 49.4 Å². The van der Waals surface area contributed by atoms with Crippen molar-refractivity contribution >= 4 is 23.2 Å². The molecule has 1 aliphatic rings. The van der Waals surface area contributed by atoms with Crippen molar-refractivity contribution in [1.29, 1.82) is 0 Å². The quantitative estimate of drug-likeness (QED) is 0.672. The Labute approximate surface area is 165 Å². The van der Waals surface area contributed by atoms with E-state index in [2.05, 4.69) is 10.6 Å². The Bertz CT molecular complexity index is 818. The summed E-state index contributed by atoms with van der Waals surface area (Å²) in [4.78, 5) is 23.8. The predicted octanol–water partition coefficient (Wildman–Crippen LogP) is 4.16. The number of carbonyl (C=O) groups is 2. The molecule has 0 aromatic heterocycles. The highest BCUT2D eigenvalue weighted by molar-refractivity contribution is 5.94. The number of hydrogen-bond donors (Lipinski definition) is 2. The molecule has 1 heterocycles. The zero-order valence-corrected chi connectivity index (χ0v) is 16.1. The Morgan fingerprint density at radius 1 is 1.07 bits per heavy atom. The Kier molecular flexibility index (Phi) is 6.89. The zero-order chi connectivity index (χ0) is 19.8. The summed E-state index contributed by atoms with van der Waals surface area (Å²) in [5.41, 5.74) is 2.65. The molecule has 1 aliphatic heterocycles. The van der Waals surface area contributed by atoms with Gasteiger partial charge in [-0.25, -0.2) is 0 Å². The molecule has 148 valence electrons. The van der Waals surface area contributed by atoms with E-state index < -0.39 is 0 Å². The summed E-state index contributed by atoms with van der Waals surface area (Å²) >= 11 is 0. The Morgan fingerprint density at radius 3 is 2.57 bits per heavy atom. The number of fused-ring (bicyclic) bond motifs is 1. The van der Waals surface area contributed by atoms with Gasteiger partial charge in [0.1, 0.15) is 11.5 Å². The predicted molar refractivity (Wildman–Crippen MR) is 109 cm³/mol. The van der Waals surface area contributed by atoms with Crippen LogP contribution in [-0.2, 0) is 16.0 Å². The normalized spacial score (nSPS) is 13.1. The third-order valence-corrected chi connectivity index (χ3v) is 4.46. The summed E-state index contributed by atoms with van der Waals surface area (Å²) in [6.45, 7) is 3.05. The SMILES string of the molecule is CCOc1ccc(OCCCC(=O)Nc2ccc3c(c2)CCCC(=O)N3)cc1. The molecule has 2 N–H and O–H groups in total. The molecule has 0 fully saturated rings. The van der Waals surface area contributed by atoms with Gasteiger partial charge in [-0.05, 0) is 74.2 Å². The van der Waals surface area contributed by atoms with Gasteiger partial charge in [0.2, 0.25) is 11.8 Å². The van der Waals surface area contributed by atoms with Crippen molar-refractivity contribution in [3.05, 3.63) is 48.0 Å². The van der Waals surface area contributed by atoms with E-state index >= 15 is 0 Å². The molecule has 0 aliphatic carbocycles. The van der Waals surface area contributed by atoms with Gasteiger partial charge in [0.25, 0.3) is 0 Å². The Morgan fingerprint density at radius 2 is 1.82 bits per heavy atom. The molecule has 0 atom stereocenters. The van der Waals surface area contributed by atoms with Crippen LogP contribution < -0.4 is 20.1 Å². The van der Waals surface area contributed by atoms with Crippen LogP contribution in [0.4, 0.5) is 11.4 Å². The van der Waals surface area contributed by atoms with E-state index in [0.29, 0.717) is 32.5 Å². The molecule has 28 heavy (non-hydrogen) atoms. The summed E-state index contributed by atoms with van der Waals surface area (Å²) in [6.07, 6.45) is 3.18. The minimum atomic E-state index is -0.0482. The zero-order valence-electron chi connectivity index (χ0n) is 16.1. The lowest BCUT2D eigenvalue weighted by Crippen LogP contribution is -2.13. The third kappa shape index (κ3) is 5.74. The van der Waals surface area contributed by atoms with Gasteiger partial charge in [0.15, 0.2) is 0 Å². The number of benzene rings is 2. The first-order valence-corrected chi connectivity index (χ1v) is 9.72. The maximum atomic E-state index is 12.2. The van der Waals surface area contributed by atoms with E-state index in [1.165, 1.54) is 0 Å². The number of rotatable bonds is 8. The van der Waals surface area contributed by atoms with Crippen LogP contribution in [0.25, 0.3) is 0 Å². The number of ether oxygens (including phenoxy) is 2. The highest BCUT2D eigenvalue weighted by atomic mass is 16.5. The number of aryl methyl sites for hydroxylation is 1. The van der Waals surface area contributed by atoms with E-state index in [0.717, 1.165) is 41.3 Å². The lowest BCUT2D eigenvalue weighted by Gasteiger charge is -2.11. The molecule has 0 saturated carbocycles. The van der Waals surface area contributed by atoms with Crippen LogP contribution in [0.15, 0.2) is 42.5 Å². The minimum Gasteiger partial charge on any atom is -0.494 e. The smallest absolute Gasteiger partial charge is 0.224 e. The lowest BCUT2D eigenvalue weighted by atomic mass is 10.1. The van der Waals surface area contributed by atoms with Crippen LogP contribution in [0, 0.1) is 0 Å². The molecule has 0 saturated heterocycles. The van der Waals surface area contributed by atoms with Crippen molar-refractivity contribution in [2.75, 3.05) is 23.8 Å². The van der Waals surface area contributed by atoms with Crippen LogP contribution in [-0.4, -0.2) is 25.0 Å². The van der Waals surface area contributed by atoms with Crippen LogP contribution in [0.3, 0.4) is 0 Å². The fourth-order valence-electron chi connectivity index (χ4n) is 3.10. The second-order valence-electron chi connectivity index (χ2n) is 6.68. The molecule has 2 aromatic rings. The van der Waals surface area contributed by atoms with Crippen molar-refractivity contribution in [3.63, 3.8) is 0 Å². The van der Waals surface area contributed by atoms with Crippen LogP contribution >= 0.6 is 0 Å². The van der Waals surface area contributed by atoms with Crippen LogP contribution in [0.2, 0.25) is 0 Å². The van der Waals surface area contributed by atoms with E-state index in [4.69, 9.17) is 9.47 Å². The van der Waals surface area contributed by atoms with Gasteiger partial charge in [-0.3, -0.25) is 9.59 Å². The second-order valence-corrected chi connectivity index (χ2v) is 6.68.